The Balaban J connectivity index is 1.84. The molecule has 2 nitrogen and oxygen atoms in total. The SMILES string of the molecule is COc1ccc(C[C@H](C)NCc2cccc(Cl)c2)cc1. The van der Waals surface area contributed by atoms with Crippen LogP contribution in [0.15, 0.2) is 48.5 Å². The molecule has 0 saturated carbocycles. The number of hydrogen-bond acceptors (Lipinski definition) is 2. The Morgan fingerprint density at radius 3 is 2.50 bits per heavy atom. The first-order chi connectivity index (χ1) is 9.67. The highest BCUT2D eigenvalue weighted by atomic mass is 35.5. The smallest absolute Gasteiger partial charge is 0.118 e. The minimum absolute atomic E-state index is 0.405. The molecular formula is C17H20ClNO. The Hall–Kier alpha value is -1.51. The highest BCUT2D eigenvalue weighted by Crippen LogP contribution is 2.13. The molecule has 0 aromatic heterocycles. The van der Waals surface area contributed by atoms with Gasteiger partial charge in [0.15, 0.2) is 0 Å². The van der Waals surface area contributed by atoms with Gasteiger partial charge in [-0.25, -0.2) is 0 Å². The van der Waals surface area contributed by atoms with E-state index in [0.717, 1.165) is 23.7 Å². The van der Waals surface area contributed by atoms with E-state index < -0.39 is 0 Å². The van der Waals surface area contributed by atoms with E-state index >= 15 is 0 Å². The highest BCUT2D eigenvalue weighted by molar-refractivity contribution is 6.30. The topological polar surface area (TPSA) is 21.3 Å². The standard InChI is InChI=1S/C17H20ClNO/c1-13(10-14-6-8-17(20-2)9-7-14)19-12-15-4-3-5-16(18)11-15/h3-9,11,13,19H,10,12H2,1-2H3/t13-/m0/s1. The molecule has 2 rings (SSSR count). The predicted molar refractivity (Wildman–Crippen MR) is 84.5 cm³/mol. The zero-order chi connectivity index (χ0) is 14.4. The van der Waals surface area contributed by atoms with Crippen molar-refractivity contribution in [1.29, 1.82) is 0 Å². The summed E-state index contributed by atoms with van der Waals surface area (Å²) >= 11 is 5.98. The zero-order valence-electron chi connectivity index (χ0n) is 11.9. The molecule has 0 heterocycles. The molecule has 0 aliphatic heterocycles. The second kappa shape index (κ2) is 7.32. The van der Waals surface area contributed by atoms with E-state index in [1.807, 2.05) is 30.3 Å². The van der Waals surface area contributed by atoms with Gasteiger partial charge in [0.25, 0.3) is 0 Å². The summed E-state index contributed by atoms with van der Waals surface area (Å²) in [7, 11) is 1.68. The Labute approximate surface area is 125 Å². The summed E-state index contributed by atoms with van der Waals surface area (Å²) in [6.45, 7) is 3.02. The lowest BCUT2D eigenvalue weighted by Gasteiger charge is -2.14. The molecule has 1 N–H and O–H groups in total. The first-order valence-electron chi connectivity index (χ1n) is 6.78. The summed E-state index contributed by atoms with van der Waals surface area (Å²) in [6, 6.07) is 16.6. The lowest BCUT2D eigenvalue weighted by atomic mass is 10.1. The van der Waals surface area contributed by atoms with E-state index in [0.29, 0.717) is 6.04 Å². The summed E-state index contributed by atoms with van der Waals surface area (Å²) in [5.41, 5.74) is 2.51. The Bertz CT molecular complexity index is 539. The Kier molecular flexibility index (Phi) is 5.45. The molecule has 2 aromatic rings. The van der Waals surface area contributed by atoms with E-state index in [2.05, 4.69) is 30.4 Å². The van der Waals surface area contributed by atoms with Gasteiger partial charge >= 0.3 is 0 Å². The molecule has 0 amide bonds. The average molecular weight is 290 g/mol. The molecular weight excluding hydrogens is 270 g/mol. The molecule has 0 radical (unpaired) electrons. The molecule has 106 valence electrons. The quantitative estimate of drug-likeness (QED) is 0.865. The first-order valence-corrected chi connectivity index (χ1v) is 7.16. The van der Waals surface area contributed by atoms with E-state index in [4.69, 9.17) is 16.3 Å². The first kappa shape index (κ1) is 14.9. The molecule has 0 bridgehead atoms. The van der Waals surface area contributed by atoms with Crippen LogP contribution in [0, 0.1) is 0 Å². The molecule has 0 fully saturated rings. The van der Waals surface area contributed by atoms with Gasteiger partial charge in [-0.3, -0.25) is 0 Å². The summed E-state index contributed by atoms with van der Waals surface area (Å²) in [5, 5.41) is 4.30. The van der Waals surface area contributed by atoms with Crippen LogP contribution in [0.4, 0.5) is 0 Å². The van der Waals surface area contributed by atoms with Crippen LogP contribution in [0.2, 0.25) is 5.02 Å². The maximum Gasteiger partial charge on any atom is 0.118 e. The van der Waals surface area contributed by atoms with Gasteiger partial charge in [0, 0.05) is 17.6 Å². The van der Waals surface area contributed by atoms with Gasteiger partial charge in [-0.15, -0.1) is 0 Å². The maximum absolute atomic E-state index is 5.98. The van der Waals surface area contributed by atoms with E-state index in [1.54, 1.807) is 7.11 Å². The molecule has 2 aromatic carbocycles. The van der Waals surface area contributed by atoms with Crippen molar-refractivity contribution in [1.82, 2.24) is 5.32 Å². The van der Waals surface area contributed by atoms with Crippen molar-refractivity contribution < 1.29 is 4.74 Å². The largest absolute Gasteiger partial charge is 0.497 e. The fourth-order valence-corrected chi connectivity index (χ4v) is 2.34. The summed E-state index contributed by atoms with van der Waals surface area (Å²) in [4.78, 5) is 0. The Morgan fingerprint density at radius 1 is 1.10 bits per heavy atom. The fourth-order valence-electron chi connectivity index (χ4n) is 2.13. The summed E-state index contributed by atoms with van der Waals surface area (Å²) in [6.07, 6.45) is 0.991. The van der Waals surface area contributed by atoms with E-state index in [-0.39, 0.29) is 0 Å². The van der Waals surface area contributed by atoms with Gasteiger partial charge in [0.05, 0.1) is 7.11 Å². The van der Waals surface area contributed by atoms with Crippen molar-refractivity contribution in [2.75, 3.05) is 7.11 Å². The van der Waals surface area contributed by atoms with Gasteiger partial charge in [0.2, 0.25) is 0 Å². The molecule has 20 heavy (non-hydrogen) atoms. The minimum atomic E-state index is 0.405. The minimum Gasteiger partial charge on any atom is -0.497 e. The second-order valence-electron chi connectivity index (χ2n) is 4.96. The third kappa shape index (κ3) is 4.55. The van der Waals surface area contributed by atoms with Crippen LogP contribution >= 0.6 is 11.6 Å². The lowest BCUT2D eigenvalue weighted by molar-refractivity contribution is 0.414. The van der Waals surface area contributed by atoms with Crippen LogP contribution in [0.1, 0.15) is 18.1 Å². The van der Waals surface area contributed by atoms with Crippen molar-refractivity contribution >= 4 is 11.6 Å². The summed E-state index contributed by atoms with van der Waals surface area (Å²) < 4.78 is 5.16. The van der Waals surface area contributed by atoms with Crippen molar-refractivity contribution in [2.24, 2.45) is 0 Å². The predicted octanol–water partition coefficient (Wildman–Crippen LogP) is 4.07. The molecule has 0 saturated heterocycles. The second-order valence-corrected chi connectivity index (χ2v) is 5.40. The number of hydrogen-bond donors (Lipinski definition) is 1. The molecule has 0 aliphatic rings. The number of halogens is 1. The van der Waals surface area contributed by atoms with Crippen molar-refractivity contribution in [2.45, 2.75) is 25.9 Å². The third-order valence-electron chi connectivity index (χ3n) is 3.24. The third-order valence-corrected chi connectivity index (χ3v) is 3.48. The van der Waals surface area contributed by atoms with Gasteiger partial charge in [-0.1, -0.05) is 35.9 Å². The van der Waals surface area contributed by atoms with Crippen LogP contribution in [0.3, 0.4) is 0 Å². The fraction of sp³-hybridized carbons (Fsp3) is 0.294. The maximum atomic E-state index is 5.98. The van der Waals surface area contributed by atoms with Crippen molar-refractivity contribution in [3.8, 4) is 5.75 Å². The summed E-state index contributed by atoms with van der Waals surface area (Å²) in [5.74, 6) is 0.897. The van der Waals surface area contributed by atoms with Crippen LogP contribution in [-0.2, 0) is 13.0 Å². The number of benzene rings is 2. The van der Waals surface area contributed by atoms with Crippen LogP contribution in [0.25, 0.3) is 0 Å². The van der Waals surface area contributed by atoms with Crippen LogP contribution < -0.4 is 10.1 Å². The number of methoxy groups -OCH3 is 1. The van der Waals surface area contributed by atoms with Crippen molar-refractivity contribution in [3.05, 3.63) is 64.7 Å². The lowest BCUT2D eigenvalue weighted by Crippen LogP contribution is -2.27. The molecule has 0 spiro atoms. The van der Waals surface area contributed by atoms with Crippen LogP contribution in [0.5, 0.6) is 5.75 Å². The normalized spacial score (nSPS) is 12.2. The van der Waals surface area contributed by atoms with Gasteiger partial charge in [-0.2, -0.15) is 0 Å². The van der Waals surface area contributed by atoms with E-state index in [9.17, 15) is 0 Å². The van der Waals surface area contributed by atoms with E-state index in [1.165, 1.54) is 11.1 Å². The Morgan fingerprint density at radius 2 is 1.85 bits per heavy atom. The van der Waals surface area contributed by atoms with Gasteiger partial charge in [0.1, 0.15) is 5.75 Å². The van der Waals surface area contributed by atoms with Crippen molar-refractivity contribution in [3.63, 3.8) is 0 Å². The van der Waals surface area contributed by atoms with Crippen LogP contribution in [-0.4, -0.2) is 13.2 Å². The molecule has 1 atom stereocenters. The molecule has 0 aliphatic carbocycles. The van der Waals surface area contributed by atoms with Gasteiger partial charge in [-0.05, 0) is 48.7 Å². The average Bonchev–Trinajstić information content (AvgIpc) is 2.46. The highest BCUT2D eigenvalue weighted by Gasteiger charge is 2.04. The monoisotopic (exact) mass is 289 g/mol. The molecule has 0 unspecified atom stereocenters. The number of ether oxygens (including phenoxy) is 1. The number of nitrogens with one attached hydrogen (secondary N) is 1. The van der Waals surface area contributed by atoms with Gasteiger partial charge < -0.3 is 10.1 Å². The number of rotatable bonds is 6. The molecule has 3 heteroatoms. The zero-order valence-corrected chi connectivity index (χ0v) is 12.7.